The SMILES string of the molecule is O=c1oc2ccccc2c(Cl)c1/C=N/Nc1cccc(Cl)c1. The number of nitrogens with one attached hydrogen (secondary N) is 1. The third-order valence-electron chi connectivity index (χ3n) is 2.99. The number of hydrogen-bond acceptors (Lipinski definition) is 4. The number of halogens is 2. The zero-order valence-corrected chi connectivity index (χ0v) is 12.7. The van der Waals surface area contributed by atoms with E-state index in [4.69, 9.17) is 27.6 Å². The van der Waals surface area contributed by atoms with Gasteiger partial charge in [0.1, 0.15) is 5.58 Å². The lowest BCUT2D eigenvalue weighted by Crippen LogP contribution is -2.08. The zero-order chi connectivity index (χ0) is 15.5. The molecule has 3 rings (SSSR count). The van der Waals surface area contributed by atoms with Crippen LogP contribution in [-0.4, -0.2) is 6.21 Å². The molecule has 1 N–H and O–H groups in total. The first-order valence-corrected chi connectivity index (χ1v) is 7.17. The first-order valence-electron chi connectivity index (χ1n) is 6.41. The van der Waals surface area contributed by atoms with Crippen LogP contribution >= 0.6 is 23.2 Å². The maximum atomic E-state index is 12.0. The third kappa shape index (κ3) is 2.98. The van der Waals surface area contributed by atoms with E-state index in [9.17, 15) is 4.79 Å². The third-order valence-corrected chi connectivity index (χ3v) is 3.64. The molecule has 110 valence electrons. The van der Waals surface area contributed by atoms with Crippen LogP contribution in [0.15, 0.2) is 62.8 Å². The molecule has 0 radical (unpaired) electrons. The Kier molecular flexibility index (Phi) is 4.13. The van der Waals surface area contributed by atoms with Gasteiger partial charge in [0.2, 0.25) is 0 Å². The van der Waals surface area contributed by atoms with Crippen molar-refractivity contribution >= 4 is 46.1 Å². The van der Waals surface area contributed by atoms with Crippen LogP contribution in [0.2, 0.25) is 10.0 Å². The van der Waals surface area contributed by atoms with E-state index < -0.39 is 5.63 Å². The fourth-order valence-corrected chi connectivity index (χ4v) is 2.44. The van der Waals surface area contributed by atoms with Gasteiger partial charge in [-0.2, -0.15) is 5.10 Å². The quantitative estimate of drug-likeness (QED) is 0.435. The summed E-state index contributed by atoms with van der Waals surface area (Å²) in [6.45, 7) is 0. The highest BCUT2D eigenvalue weighted by Gasteiger charge is 2.10. The van der Waals surface area contributed by atoms with Crippen molar-refractivity contribution in [1.29, 1.82) is 0 Å². The predicted octanol–water partition coefficient (Wildman–Crippen LogP) is 4.55. The van der Waals surface area contributed by atoms with E-state index >= 15 is 0 Å². The van der Waals surface area contributed by atoms with Gasteiger partial charge < -0.3 is 4.42 Å². The molecule has 3 aromatic rings. The summed E-state index contributed by atoms with van der Waals surface area (Å²) in [5.41, 5.74) is 3.57. The number of para-hydroxylation sites is 1. The van der Waals surface area contributed by atoms with E-state index in [1.165, 1.54) is 6.21 Å². The molecule has 4 nitrogen and oxygen atoms in total. The van der Waals surface area contributed by atoms with E-state index in [1.54, 1.807) is 42.5 Å². The Bertz CT molecular complexity index is 919. The van der Waals surface area contributed by atoms with Crippen LogP contribution in [0.4, 0.5) is 5.69 Å². The molecular formula is C16H10Cl2N2O2. The summed E-state index contributed by atoms with van der Waals surface area (Å²) in [5.74, 6) is 0. The molecule has 0 saturated carbocycles. The summed E-state index contributed by atoms with van der Waals surface area (Å²) >= 11 is 12.1. The number of fused-ring (bicyclic) bond motifs is 1. The summed E-state index contributed by atoms with van der Waals surface area (Å²) in [7, 11) is 0. The molecule has 0 amide bonds. The first kappa shape index (κ1) is 14.6. The average Bonchev–Trinajstić information content (AvgIpc) is 2.51. The molecule has 2 aromatic carbocycles. The lowest BCUT2D eigenvalue weighted by Gasteiger charge is -2.03. The van der Waals surface area contributed by atoms with Crippen LogP contribution < -0.4 is 11.1 Å². The molecule has 0 bridgehead atoms. The minimum Gasteiger partial charge on any atom is -0.422 e. The molecule has 22 heavy (non-hydrogen) atoms. The second-order valence-corrected chi connectivity index (χ2v) is 5.31. The van der Waals surface area contributed by atoms with E-state index in [1.807, 2.05) is 6.07 Å². The normalized spacial score (nSPS) is 11.2. The van der Waals surface area contributed by atoms with Crippen molar-refractivity contribution in [3.8, 4) is 0 Å². The van der Waals surface area contributed by atoms with Crippen LogP contribution in [0, 0.1) is 0 Å². The van der Waals surface area contributed by atoms with Crippen molar-refractivity contribution < 1.29 is 4.42 Å². The van der Waals surface area contributed by atoms with Crippen molar-refractivity contribution in [3.63, 3.8) is 0 Å². The van der Waals surface area contributed by atoms with Gasteiger partial charge in [0.25, 0.3) is 0 Å². The number of hydrogen-bond donors (Lipinski definition) is 1. The van der Waals surface area contributed by atoms with Crippen molar-refractivity contribution in [2.24, 2.45) is 5.10 Å². The second-order valence-electron chi connectivity index (χ2n) is 4.49. The molecule has 0 unspecified atom stereocenters. The van der Waals surface area contributed by atoms with Crippen molar-refractivity contribution in [2.45, 2.75) is 0 Å². The fraction of sp³-hybridized carbons (Fsp3) is 0. The number of hydrazone groups is 1. The summed E-state index contributed by atoms with van der Waals surface area (Å²) in [4.78, 5) is 12.0. The lowest BCUT2D eigenvalue weighted by atomic mass is 10.2. The van der Waals surface area contributed by atoms with Gasteiger partial charge in [-0.25, -0.2) is 4.79 Å². The van der Waals surface area contributed by atoms with Gasteiger partial charge in [0, 0.05) is 10.4 Å². The Balaban J connectivity index is 1.93. The molecule has 0 fully saturated rings. The minimum atomic E-state index is -0.541. The smallest absolute Gasteiger partial charge is 0.346 e. The average molecular weight is 333 g/mol. The van der Waals surface area contributed by atoms with Crippen LogP contribution in [0.1, 0.15) is 5.56 Å². The van der Waals surface area contributed by atoms with Gasteiger partial charge in [0.15, 0.2) is 0 Å². The van der Waals surface area contributed by atoms with Crippen LogP contribution in [0.25, 0.3) is 11.0 Å². The Morgan fingerprint density at radius 1 is 1.09 bits per heavy atom. The van der Waals surface area contributed by atoms with Crippen molar-refractivity contribution in [2.75, 3.05) is 5.43 Å². The van der Waals surface area contributed by atoms with Crippen LogP contribution in [-0.2, 0) is 0 Å². The first-order chi connectivity index (χ1) is 10.6. The van der Waals surface area contributed by atoms with Gasteiger partial charge >= 0.3 is 5.63 Å². The predicted molar refractivity (Wildman–Crippen MR) is 90.2 cm³/mol. The summed E-state index contributed by atoms with van der Waals surface area (Å²) in [6, 6.07) is 14.1. The molecule has 0 saturated heterocycles. The van der Waals surface area contributed by atoms with Gasteiger partial charge in [-0.15, -0.1) is 0 Å². The highest BCUT2D eigenvalue weighted by Crippen LogP contribution is 2.23. The Labute approximate surface area is 136 Å². The molecule has 0 aliphatic rings. The standard InChI is InChI=1S/C16H10Cl2N2O2/c17-10-4-3-5-11(8-10)20-19-9-13-15(18)12-6-1-2-7-14(12)22-16(13)21/h1-9,20H/b19-9+. The molecule has 0 spiro atoms. The van der Waals surface area contributed by atoms with Crippen LogP contribution in [0.3, 0.4) is 0 Å². The molecular weight excluding hydrogens is 323 g/mol. The van der Waals surface area contributed by atoms with Gasteiger partial charge in [0.05, 0.1) is 22.5 Å². The number of anilines is 1. The largest absolute Gasteiger partial charge is 0.422 e. The minimum absolute atomic E-state index is 0.190. The number of nitrogens with zero attached hydrogens (tertiary/aromatic N) is 1. The molecule has 1 heterocycles. The Hall–Kier alpha value is -2.30. The van der Waals surface area contributed by atoms with Crippen molar-refractivity contribution in [1.82, 2.24) is 0 Å². The summed E-state index contributed by atoms with van der Waals surface area (Å²) < 4.78 is 5.22. The molecule has 1 aromatic heterocycles. The lowest BCUT2D eigenvalue weighted by molar-refractivity contribution is 0.560. The van der Waals surface area contributed by atoms with Crippen LogP contribution in [0.5, 0.6) is 0 Å². The molecule has 0 aliphatic carbocycles. The van der Waals surface area contributed by atoms with E-state index in [0.29, 0.717) is 26.7 Å². The topological polar surface area (TPSA) is 54.6 Å². The number of benzene rings is 2. The highest BCUT2D eigenvalue weighted by atomic mass is 35.5. The maximum absolute atomic E-state index is 12.0. The molecule has 0 atom stereocenters. The summed E-state index contributed by atoms with van der Waals surface area (Å²) in [6.07, 6.45) is 1.33. The zero-order valence-electron chi connectivity index (χ0n) is 11.2. The highest BCUT2D eigenvalue weighted by molar-refractivity contribution is 6.37. The molecule has 6 heteroatoms. The van der Waals surface area contributed by atoms with E-state index in [-0.39, 0.29) is 5.56 Å². The van der Waals surface area contributed by atoms with Gasteiger partial charge in [-0.1, -0.05) is 41.4 Å². The van der Waals surface area contributed by atoms with Gasteiger partial charge in [-0.05, 0) is 30.3 Å². The van der Waals surface area contributed by atoms with E-state index in [2.05, 4.69) is 10.5 Å². The second kappa shape index (κ2) is 6.22. The molecule has 0 aliphatic heterocycles. The van der Waals surface area contributed by atoms with Gasteiger partial charge in [-0.3, -0.25) is 5.43 Å². The summed E-state index contributed by atoms with van der Waals surface area (Å²) in [5, 5.41) is 5.56. The fourth-order valence-electron chi connectivity index (χ4n) is 1.97. The van der Waals surface area contributed by atoms with Crippen molar-refractivity contribution in [3.05, 3.63) is 74.6 Å². The number of rotatable bonds is 3. The monoisotopic (exact) mass is 332 g/mol. The maximum Gasteiger partial charge on any atom is 0.346 e. The Morgan fingerprint density at radius 3 is 2.73 bits per heavy atom. The van der Waals surface area contributed by atoms with E-state index in [0.717, 1.165) is 0 Å². The Morgan fingerprint density at radius 2 is 1.91 bits per heavy atom.